The average molecular weight is 350 g/mol. The van der Waals surface area contributed by atoms with Gasteiger partial charge in [0.05, 0.1) is 11.8 Å². The van der Waals surface area contributed by atoms with Crippen LogP contribution in [0.1, 0.15) is 31.6 Å². The molecule has 25 heavy (non-hydrogen) atoms. The maximum atomic E-state index is 13.7. The number of amides is 1. The number of carboxylic acid groups (broad SMARTS) is 1. The Bertz CT molecular complexity index is 815. The maximum absolute atomic E-state index is 13.7. The van der Waals surface area contributed by atoms with Gasteiger partial charge in [-0.25, -0.2) is 18.6 Å². The van der Waals surface area contributed by atoms with Crippen LogP contribution < -0.4 is 5.32 Å². The van der Waals surface area contributed by atoms with Gasteiger partial charge >= 0.3 is 5.97 Å². The first-order chi connectivity index (χ1) is 11.9. The lowest BCUT2D eigenvalue weighted by Gasteiger charge is -2.38. The Morgan fingerprint density at radius 3 is 2.68 bits per heavy atom. The molecular weight excluding hydrogens is 334 g/mol. The molecule has 1 heterocycles. The minimum Gasteiger partial charge on any atom is -0.480 e. The molecule has 1 fully saturated rings. The van der Waals surface area contributed by atoms with Gasteiger partial charge in [0.15, 0.2) is 11.7 Å². The highest BCUT2D eigenvalue weighted by atomic mass is 19.1. The molecule has 2 N–H and O–H groups in total. The number of hydrogen-bond donors (Lipinski definition) is 2. The predicted octanol–water partition coefficient (Wildman–Crippen LogP) is 2.68. The fourth-order valence-corrected chi connectivity index (χ4v) is 2.71. The normalized spacial score (nSPS) is 15.4. The van der Waals surface area contributed by atoms with Crippen molar-refractivity contribution < 1.29 is 27.9 Å². The fraction of sp³-hybridized carbons (Fsp3) is 0.353. The average Bonchev–Trinajstić information content (AvgIpc) is 2.97. The first kappa shape index (κ1) is 17.1. The lowest BCUT2D eigenvalue weighted by molar-refractivity contribution is -0.151. The van der Waals surface area contributed by atoms with Crippen LogP contribution in [0.15, 0.2) is 28.8 Å². The largest absolute Gasteiger partial charge is 0.480 e. The monoisotopic (exact) mass is 350 g/mol. The second-order valence-corrected chi connectivity index (χ2v) is 6.03. The molecule has 6 nitrogen and oxygen atoms in total. The third kappa shape index (κ3) is 3.52. The molecule has 2 aromatic rings. The van der Waals surface area contributed by atoms with Crippen LogP contribution in [0.5, 0.6) is 0 Å². The quantitative estimate of drug-likeness (QED) is 0.836. The third-order valence-corrected chi connectivity index (χ3v) is 4.31. The molecule has 0 atom stereocenters. The molecule has 0 aliphatic heterocycles. The lowest BCUT2D eigenvalue weighted by Crippen LogP contribution is -2.59. The highest BCUT2D eigenvalue weighted by molar-refractivity contribution is 5.87. The van der Waals surface area contributed by atoms with Crippen molar-refractivity contribution in [3.63, 3.8) is 0 Å². The molecule has 3 rings (SSSR count). The summed E-state index contributed by atoms with van der Waals surface area (Å²) in [5.74, 6) is -2.55. The Hall–Kier alpha value is -2.77. The molecule has 0 unspecified atom stereocenters. The number of carbonyl (C=O) groups is 2. The highest BCUT2D eigenvalue weighted by Gasteiger charge is 2.45. The number of benzene rings is 1. The van der Waals surface area contributed by atoms with Crippen LogP contribution in [-0.2, 0) is 16.0 Å². The molecule has 1 aliphatic rings. The summed E-state index contributed by atoms with van der Waals surface area (Å²) >= 11 is 0. The van der Waals surface area contributed by atoms with E-state index in [1.54, 1.807) is 0 Å². The van der Waals surface area contributed by atoms with Gasteiger partial charge in [0, 0.05) is 18.9 Å². The van der Waals surface area contributed by atoms with Gasteiger partial charge in [-0.15, -0.1) is 0 Å². The number of nitrogens with one attached hydrogen (secondary N) is 1. The van der Waals surface area contributed by atoms with Crippen LogP contribution in [-0.4, -0.2) is 27.5 Å². The maximum Gasteiger partial charge on any atom is 0.329 e. The summed E-state index contributed by atoms with van der Waals surface area (Å²) in [6, 6.07) is 3.10. The first-order valence-corrected chi connectivity index (χ1v) is 7.84. The number of rotatable bonds is 6. The smallest absolute Gasteiger partial charge is 0.329 e. The molecule has 0 bridgehead atoms. The zero-order valence-corrected chi connectivity index (χ0v) is 13.2. The van der Waals surface area contributed by atoms with Gasteiger partial charge in [-0.2, -0.15) is 0 Å². The van der Waals surface area contributed by atoms with E-state index in [1.165, 1.54) is 12.3 Å². The van der Waals surface area contributed by atoms with Gasteiger partial charge in [0.1, 0.15) is 17.2 Å². The van der Waals surface area contributed by atoms with Crippen molar-refractivity contribution in [3.05, 3.63) is 41.9 Å². The first-order valence-electron chi connectivity index (χ1n) is 7.84. The lowest BCUT2D eigenvalue weighted by atomic mass is 9.76. The molecule has 8 heteroatoms. The van der Waals surface area contributed by atoms with Crippen molar-refractivity contribution in [1.82, 2.24) is 10.3 Å². The van der Waals surface area contributed by atoms with E-state index in [0.717, 1.165) is 18.6 Å². The van der Waals surface area contributed by atoms with Gasteiger partial charge in [-0.1, -0.05) is 0 Å². The van der Waals surface area contributed by atoms with E-state index in [0.29, 0.717) is 12.8 Å². The zero-order chi connectivity index (χ0) is 18.0. The summed E-state index contributed by atoms with van der Waals surface area (Å²) in [6.45, 7) is 0. The molecule has 1 aromatic heterocycles. The summed E-state index contributed by atoms with van der Waals surface area (Å²) < 4.78 is 32.0. The molecule has 132 valence electrons. The second kappa shape index (κ2) is 6.62. The second-order valence-electron chi connectivity index (χ2n) is 6.03. The third-order valence-electron chi connectivity index (χ3n) is 4.31. The fourth-order valence-electron chi connectivity index (χ4n) is 2.71. The standard InChI is InChI=1S/C17H16F2N2O4/c18-10-2-3-11(12(19)8-10)13-9-20-15(25-13)5-4-14(22)21-17(16(23)24)6-1-7-17/h2-3,8-9H,1,4-7H2,(H,21,22)(H,23,24). The van der Waals surface area contributed by atoms with E-state index < -0.39 is 29.0 Å². The molecular formula is C17H16F2N2O4. The van der Waals surface area contributed by atoms with Crippen LogP contribution >= 0.6 is 0 Å². The van der Waals surface area contributed by atoms with Crippen LogP contribution in [0.2, 0.25) is 0 Å². The Balaban J connectivity index is 1.60. The van der Waals surface area contributed by atoms with E-state index in [2.05, 4.69) is 10.3 Å². The topological polar surface area (TPSA) is 92.4 Å². The van der Waals surface area contributed by atoms with Gasteiger partial charge in [-0.3, -0.25) is 4.79 Å². The summed E-state index contributed by atoms with van der Waals surface area (Å²) in [4.78, 5) is 27.1. The Morgan fingerprint density at radius 1 is 1.32 bits per heavy atom. The van der Waals surface area contributed by atoms with Crippen molar-refractivity contribution in [1.29, 1.82) is 0 Å². The van der Waals surface area contributed by atoms with E-state index in [9.17, 15) is 23.5 Å². The van der Waals surface area contributed by atoms with E-state index in [-0.39, 0.29) is 30.1 Å². The molecule has 0 saturated heterocycles. The van der Waals surface area contributed by atoms with Crippen molar-refractivity contribution >= 4 is 11.9 Å². The van der Waals surface area contributed by atoms with E-state index in [4.69, 9.17) is 4.42 Å². The predicted molar refractivity (Wildman–Crippen MR) is 82.5 cm³/mol. The molecule has 0 spiro atoms. The van der Waals surface area contributed by atoms with Gasteiger partial charge < -0.3 is 14.8 Å². The number of oxazole rings is 1. The number of carbonyl (C=O) groups excluding carboxylic acids is 1. The van der Waals surface area contributed by atoms with Crippen LogP contribution in [0.25, 0.3) is 11.3 Å². The van der Waals surface area contributed by atoms with Crippen molar-refractivity contribution in [2.45, 2.75) is 37.6 Å². The Kier molecular flexibility index (Phi) is 4.52. The van der Waals surface area contributed by atoms with Crippen molar-refractivity contribution in [3.8, 4) is 11.3 Å². The van der Waals surface area contributed by atoms with Gasteiger partial charge in [-0.05, 0) is 31.4 Å². The van der Waals surface area contributed by atoms with E-state index in [1.807, 2.05) is 0 Å². The summed E-state index contributed by atoms with van der Waals surface area (Å²) in [6.07, 6.45) is 3.04. The van der Waals surface area contributed by atoms with E-state index >= 15 is 0 Å². The molecule has 1 aliphatic carbocycles. The molecule has 1 amide bonds. The summed E-state index contributed by atoms with van der Waals surface area (Å²) in [5.41, 5.74) is -1.08. The minimum atomic E-state index is -1.16. The van der Waals surface area contributed by atoms with Crippen LogP contribution in [0.3, 0.4) is 0 Å². The summed E-state index contributed by atoms with van der Waals surface area (Å²) in [7, 11) is 0. The Labute approximate surface area is 141 Å². The van der Waals surface area contributed by atoms with Crippen LogP contribution in [0.4, 0.5) is 8.78 Å². The number of hydrogen-bond acceptors (Lipinski definition) is 4. The van der Waals surface area contributed by atoms with Crippen molar-refractivity contribution in [2.75, 3.05) is 0 Å². The van der Waals surface area contributed by atoms with Gasteiger partial charge in [0.25, 0.3) is 0 Å². The van der Waals surface area contributed by atoms with Crippen molar-refractivity contribution in [2.24, 2.45) is 0 Å². The minimum absolute atomic E-state index is 0.000876. The SMILES string of the molecule is O=C(CCc1ncc(-c2ccc(F)cc2F)o1)NC1(C(=O)O)CCC1. The number of nitrogens with zero attached hydrogens (tertiary/aromatic N) is 1. The van der Waals surface area contributed by atoms with Gasteiger partial charge in [0.2, 0.25) is 5.91 Å². The van der Waals surface area contributed by atoms with Crippen LogP contribution in [0, 0.1) is 11.6 Å². The highest BCUT2D eigenvalue weighted by Crippen LogP contribution is 2.32. The molecule has 1 saturated carbocycles. The number of aryl methyl sites for hydroxylation is 1. The number of aromatic nitrogens is 1. The number of aliphatic carboxylic acids is 1. The zero-order valence-electron chi connectivity index (χ0n) is 13.2. The number of halogens is 2. The molecule has 0 radical (unpaired) electrons. The summed E-state index contributed by atoms with van der Waals surface area (Å²) in [5, 5.41) is 11.7. The molecule has 1 aromatic carbocycles. The number of carboxylic acids is 1. The Morgan fingerprint density at radius 2 is 2.08 bits per heavy atom.